The number of carbonyl (C=O) groups is 2. The number of carbonyl (C=O) groups excluding carboxylic acids is 2. The van der Waals surface area contributed by atoms with E-state index in [1.54, 1.807) is 6.92 Å². The summed E-state index contributed by atoms with van der Waals surface area (Å²) in [4.78, 5) is 20.0. The minimum Gasteiger partial charge on any atom is -0.549 e. The molecule has 0 rings (SSSR count). The molecule has 0 unspecified atom stereocenters. The Bertz CT molecular complexity index is 132. The molecule has 0 aliphatic heterocycles. The predicted molar refractivity (Wildman–Crippen MR) is 34.2 cm³/mol. The van der Waals surface area contributed by atoms with Crippen molar-refractivity contribution in [2.45, 2.75) is 19.8 Å². The third kappa shape index (κ3) is 5.75. The van der Waals surface area contributed by atoms with E-state index in [9.17, 15) is 19.8 Å². The Kier molecular flexibility index (Phi) is 9.17. The summed E-state index contributed by atoms with van der Waals surface area (Å²) < 4.78 is 0. The maximum atomic E-state index is 10.00. The van der Waals surface area contributed by atoms with Crippen LogP contribution in [0.2, 0.25) is 0 Å². The van der Waals surface area contributed by atoms with Crippen molar-refractivity contribution in [3.63, 3.8) is 0 Å². The maximum Gasteiger partial charge on any atom is 2.00 e. The fourth-order valence-corrected chi connectivity index (χ4v) is 0.621. The number of hydrogen-bond donors (Lipinski definition) is 0. The van der Waals surface area contributed by atoms with E-state index < -0.39 is 17.9 Å². The average molecular weight is 281 g/mol. The molecule has 58 valence electrons. The summed E-state index contributed by atoms with van der Waals surface area (Å²) in [6.07, 6.45) is 0.567. The van der Waals surface area contributed by atoms with Crippen LogP contribution in [0.3, 0.4) is 0 Å². The summed E-state index contributed by atoms with van der Waals surface area (Å²) in [5.41, 5.74) is 0. The molecule has 0 spiro atoms. The summed E-state index contributed by atoms with van der Waals surface area (Å²) in [5, 5.41) is 20.0. The standard InChI is InChI=1S/C6H10O4.Ba/c1-2-3-4(5(7)8)6(9)10;/h4H,2-3H2,1H3,(H,7,8)(H,9,10);/q;+2/p-2. The second-order valence-electron chi connectivity index (χ2n) is 1.98. The Morgan fingerprint density at radius 2 is 1.64 bits per heavy atom. The van der Waals surface area contributed by atoms with E-state index in [-0.39, 0.29) is 55.3 Å². The fourth-order valence-electron chi connectivity index (χ4n) is 0.621. The van der Waals surface area contributed by atoms with Crippen molar-refractivity contribution in [1.82, 2.24) is 0 Å². The van der Waals surface area contributed by atoms with Crippen LogP contribution in [0.25, 0.3) is 0 Å². The first-order valence-corrected chi connectivity index (χ1v) is 3.01. The molecular formula is C6H8BaO4. The molecule has 0 aromatic heterocycles. The van der Waals surface area contributed by atoms with Gasteiger partial charge in [0.2, 0.25) is 0 Å². The van der Waals surface area contributed by atoms with Crippen molar-refractivity contribution in [2.75, 3.05) is 0 Å². The molecule has 0 N–H and O–H groups in total. The Labute approximate surface area is 105 Å². The third-order valence-electron chi connectivity index (χ3n) is 1.15. The van der Waals surface area contributed by atoms with E-state index in [0.29, 0.717) is 6.42 Å². The number of carboxylic acid groups (broad SMARTS) is 2. The van der Waals surface area contributed by atoms with E-state index in [0.717, 1.165) is 0 Å². The number of hydrogen-bond acceptors (Lipinski definition) is 4. The van der Waals surface area contributed by atoms with Crippen molar-refractivity contribution in [2.24, 2.45) is 5.92 Å². The zero-order valence-corrected chi connectivity index (χ0v) is 10.8. The first-order valence-electron chi connectivity index (χ1n) is 3.01. The SMILES string of the molecule is CCCC(C(=O)[O-])C(=O)[O-].[Ba+2]. The van der Waals surface area contributed by atoms with E-state index in [1.165, 1.54) is 0 Å². The van der Waals surface area contributed by atoms with Gasteiger partial charge in [0.1, 0.15) is 0 Å². The first kappa shape index (κ1) is 14.1. The van der Waals surface area contributed by atoms with Gasteiger partial charge in [0.05, 0.1) is 11.9 Å². The molecule has 0 aliphatic rings. The molecule has 0 saturated carbocycles. The largest absolute Gasteiger partial charge is 2.00 e. The van der Waals surface area contributed by atoms with Gasteiger partial charge in [-0.1, -0.05) is 13.3 Å². The van der Waals surface area contributed by atoms with E-state index in [4.69, 9.17) is 0 Å². The van der Waals surface area contributed by atoms with E-state index >= 15 is 0 Å². The second kappa shape index (κ2) is 7.18. The molecule has 0 aliphatic carbocycles. The van der Waals surface area contributed by atoms with Crippen LogP contribution >= 0.6 is 0 Å². The second-order valence-corrected chi connectivity index (χ2v) is 1.98. The van der Waals surface area contributed by atoms with Crippen LogP contribution in [0, 0.1) is 5.92 Å². The number of aliphatic carboxylic acids is 2. The van der Waals surface area contributed by atoms with Crippen molar-refractivity contribution >= 4 is 60.8 Å². The van der Waals surface area contributed by atoms with Gasteiger partial charge in [0, 0.05) is 5.92 Å². The Morgan fingerprint density at radius 3 is 1.73 bits per heavy atom. The normalized spacial score (nSPS) is 8.91. The van der Waals surface area contributed by atoms with Gasteiger partial charge in [-0.25, -0.2) is 0 Å². The maximum absolute atomic E-state index is 10.00. The number of carboxylic acids is 2. The van der Waals surface area contributed by atoms with Gasteiger partial charge in [0.25, 0.3) is 0 Å². The summed E-state index contributed by atoms with van der Waals surface area (Å²) in [5.74, 6) is -4.59. The molecule has 0 saturated heterocycles. The average Bonchev–Trinajstić information content (AvgIpc) is 1.81. The molecule has 0 atom stereocenters. The molecule has 0 radical (unpaired) electrons. The van der Waals surface area contributed by atoms with Gasteiger partial charge in [0.15, 0.2) is 0 Å². The Hall–Kier alpha value is 0.511. The molecule has 0 bridgehead atoms. The topological polar surface area (TPSA) is 80.3 Å². The number of rotatable bonds is 4. The summed E-state index contributed by atoms with van der Waals surface area (Å²) in [6.45, 7) is 1.69. The minimum atomic E-state index is -1.57. The van der Waals surface area contributed by atoms with Gasteiger partial charge >= 0.3 is 48.9 Å². The summed E-state index contributed by atoms with van der Waals surface area (Å²) in [6, 6.07) is 0. The van der Waals surface area contributed by atoms with E-state index in [2.05, 4.69) is 0 Å². The van der Waals surface area contributed by atoms with Crippen molar-refractivity contribution in [3.05, 3.63) is 0 Å². The predicted octanol–water partition coefficient (Wildman–Crippen LogP) is -2.48. The van der Waals surface area contributed by atoms with Crippen LogP contribution in [0.15, 0.2) is 0 Å². The first-order chi connectivity index (χ1) is 4.59. The van der Waals surface area contributed by atoms with Crippen molar-refractivity contribution < 1.29 is 19.8 Å². The van der Waals surface area contributed by atoms with Crippen molar-refractivity contribution in [1.29, 1.82) is 0 Å². The van der Waals surface area contributed by atoms with Gasteiger partial charge in [-0.3, -0.25) is 0 Å². The molecule has 0 fully saturated rings. The van der Waals surface area contributed by atoms with E-state index in [1.807, 2.05) is 0 Å². The van der Waals surface area contributed by atoms with Gasteiger partial charge in [-0.15, -0.1) is 0 Å². The quantitative estimate of drug-likeness (QED) is 0.422. The minimum absolute atomic E-state index is 0. The van der Waals surface area contributed by atoms with Gasteiger partial charge < -0.3 is 19.8 Å². The van der Waals surface area contributed by atoms with Crippen LogP contribution in [0.4, 0.5) is 0 Å². The van der Waals surface area contributed by atoms with Crippen LogP contribution in [0.1, 0.15) is 19.8 Å². The smallest absolute Gasteiger partial charge is 0.549 e. The van der Waals surface area contributed by atoms with Crippen molar-refractivity contribution in [3.8, 4) is 0 Å². The Balaban J connectivity index is 0. The van der Waals surface area contributed by atoms with Crippen LogP contribution < -0.4 is 10.2 Å². The monoisotopic (exact) mass is 282 g/mol. The van der Waals surface area contributed by atoms with Crippen LogP contribution in [-0.2, 0) is 9.59 Å². The molecule has 11 heavy (non-hydrogen) atoms. The summed E-state index contributed by atoms with van der Waals surface area (Å²) in [7, 11) is 0. The third-order valence-corrected chi connectivity index (χ3v) is 1.15. The molecular weight excluding hydrogens is 273 g/mol. The fraction of sp³-hybridized carbons (Fsp3) is 0.667. The van der Waals surface area contributed by atoms with Crippen LogP contribution in [0.5, 0.6) is 0 Å². The molecule has 4 nitrogen and oxygen atoms in total. The molecule has 0 heterocycles. The van der Waals surface area contributed by atoms with Crippen LogP contribution in [-0.4, -0.2) is 60.8 Å². The molecule has 0 amide bonds. The zero-order valence-electron chi connectivity index (χ0n) is 6.33. The molecule has 5 heteroatoms. The molecule has 0 aromatic carbocycles. The molecule has 0 aromatic rings. The Morgan fingerprint density at radius 1 is 1.27 bits per heavy atom. The zero-order chi connectivity index (χ0) is 8.15. The van der Waals surface area contributed by atoms with Gasteiger partial charge in [-0.2, -0.15) is 0 Å². The summed E-state index contributed by atoms with van der Waals surface area (Å²) >= 11 is 0. The van der Waals surface area contributed by atoms with Gasteiger partial charge in [-0.05, 0) is 6.42 Å².